The molecule has 0 bridgehead atoms. The minimum atomic E-state index is 0.625. The van der Waals surface area contributed by atoms with E-state index in [9.17, 15) is 0 Å². The molecule has 3 aromatic heterocycles. The second-order valence-electron chi connectivity index (χ2n) is 3.88. The van der Waals surface area contributed by atoms with E-state index in [1.807, 2.05) is 31.3 Å². The van der Waals surface area contributed by atoms with E-state index in [4.69, 9.17) is 4.42 Å². The second kappa shape index (κ2) is 3.93. The highest BCUT2D eigenvalue weighted by Gasteiger charge is 2.04. The second-order valence-corrected chi connectivity index (χ2v) is 3.88. The lowest BCUT2D eigenvalue weighted by Gasteiger charge is -1.96. The Bertz CT molecular complexity index is 627. The molecule has 0 amide bonds. The van der Waals surface area contributed by atoms with Gasteiger partial charge in [0.05, 0.1) is 12.5 Å². The average molecular weight is 228 g/mol. The van der Waals surface area contributed by atoms with Gasteiger partial charge in [0.2, 0.25) is 5.95 Å². The molecule has 0 fully saturated rings. The summed E-state index contributed by atoms with van der Waals surface area (Å²) in [6.07, 6.45) is 5.24. The Labute approximate surface area is 98.1 Å². The van der Waals surface area contributed by atoms with Crippen LogP contribution >= 0.6 is 0 Å². The predicted molar refractivity (Wildman–Crippen MR) is 63.8 cm³/mol. The van der Waals surface area contributed by atoms with E-state index in [1.165, 1.54) is 0 Å². The van der Waals surface area contributed by atoms with Gasteiger partial charge in [0.1, 0.15) is 0 Å². The smallest absolute Gasteiger partial charge is 0.243 e. The lowest BCUT2D eigenvalue weighted by molar-refractivity contribution is 0.564. The molecule has 0 aliphatic rings. The number of hydrogen-bond acceptors (Lipinski definition) is 4. The molecular weight excluding hydrogens is 216 g/mol. The molecule has 0 saturated carbocycles. The van der Waals surface area contributed by atoms with Gasteiger partial charge in [0.15, 0.2) is 5.65 Å². The Morgan fingerprint density at radius 1 is 1.41 bits per heavy atom. The highest BCUT2D eigenvalue weighted by Crippen LogP contribution is 2.10. The fraction of sp³-hybridized carbons (Fsp3) is 0.167. The van der Waals surface area contributed by atoms with Crippen molar-refractivity contribution in [1.82, 2.24) is 14.6 Å². The summed E-state index contributed by atoms with van der Waals surface area (Å²) in [5.74, 6) is 0.625. The van der Waals surface area contributed by atoms with Crippen LogP contribution in [0.3, 0.4) is 0 Å². The zero-order valence-electron chi connectivity index (χ0n) is 9.42. The van der Waals surface area contributed by atoms with E-state index in [0.717, 1.165) is 16.8 Å². The summed E-state index contributed by atoms with van der Waals surface area (Å²) in [5.41, 5.74) is 3.05. The molecule has 3 aromatic rings. The van der Waals surface area contributed by atoms with Crippen LogP contribution in [0.2, 0.25) is 0 Å². The third kappa shape index (κ3) is 1.87. The molecule has 5 heteroatoms. The maximum atomic E-state index is 4.99. The minimum absolute atomic E-state index is 0.625. The van der Waals surface area contributed by atoms with Crippen molar-refractivity contribution < 1.29 is 4.42 Å². The Morgan fingerprint density at radius 2 is 2.35 bits per heavy atom. The lowest BCUT2D eigenvalue weighted by atomic mass is 10.3. The van der Waals surface area contributed by atoms with E-state index in [2.05, 4.69) is 15.4 Å². The van der Waals surface area contributed by atoms with Crippen LogP contribution in [0, 0.1) is 6.92 Å². The fourth-order valence-corrected chi connectivity index (χ4v) is 1.69. The number of hydrogen-bond donors (Lipinski definition) is 1. The molecule has 17 heavy (non-hydrogen) atoms. The van der Waals surface area contributed by atoms with Crippen LogP contribution in [0.25, 0.3) is 5.65 Å². The topological polar surface area (TPSA) is 55.4 Å². The number of nitrogens with zero attached hydrogens (tertiary/aromatic N) is 3. The Kier molecular flexibility index (Phi) is 2.29. The van der Waals surface area contributed by atoms with Crippen molar-refractivity contribution in [2.24, 2.45) is 0 Å². The summed E-state index contributed by atoms with van der Waals surface area (Å²) in [4.78, 5) is 4.42. The molecule has 0 spiro atoms. The van der Waals surface area contributed by atoms with Gasteiger partial charge >= 0.3 is 0 Å². The van der Waals surface area contributed by atoms with Crippen molar-refractivity contribution in [3.05, 3.63) is 48.0 Å². The van der Waals surface area contributed by atoms with Crippen LogP contribution in [0.5, 0.6) is 0 Å². The summed E-state index contributed by atoms with van der Waals surface area (Å²) >= 11 is 0. The third-order valence-electron chi connectivity index (χ3n) is 2.59. The van der Waals surface area contributed by atoms with Gasteiger partial charge in [-0.2, -0.15) is 4.98 Å². The number of furan rings is 1. The first-order valence-corrected chi connectivity index (χ1v) is 5.40. The first-order valence-electron chi connectivity index (χ1n) is 5.40. The highest BCUT2D eigenvalue weighted by molar-refractivity contribution is 5.49. The normalized spacial score (nSPS) is 10.9. The van der Waals surface area contributed by atoms with Gasteiger partial charge < -0.3 is 9.73 Å². The fourth-order valence-electron chi connectivity index (χ4n) is 1.69. The van der Waals surface area contributed by atoms with Crippen molar-refractivity contribution in [3.8, 4) is 0 Å². The third-order valence-corrected chi connectivity index (χ3v) is 2.59. The van der Waals surface area contributed by atoms with Crippen molar-refractivity contribution in [2.45, 2.75) is 13.5 Å². The molecule has 5 nitrogen and oxygen atoms in total. The van der Waals surface area contributed by atoms with Crippen molar-refractivity contribution in [3.63, 3.8) is 0 Å². The van der Waals surface area contributed by atoms with Gasteiger partial charge in [-0.25, -0.2) is 4.52 Å². The number of anilines is 1. The average Bonchev–Trinajstić information content (AvgIpc) is 2.95. The number of rotatable bonds is 3. The first-order chi connectivity index (χ1) is 8.33. The maximum absolute atomic E-state index is 4.99. The van der Waals surface area contributed by atoms with Crippen LogP contribution in [0.1, 0.15) is 11.1 Å². The summed E-state index contributed by atoms with van der Waals surface area (Å²) < 4.78 is 6.77. The summed E-state index contributed by atoms with van der Waals surface area (Å²) in [6, 6.07) is 5.88. The molecule has 0 aliphatic heterocycles. The minimum Gasteiger partial charge on any atom is -0.472 e. The van der Waals surface area contributed by atoms with Crippen molar-refractivity contribution in [2.75, 3.05) is 5.32 Å². The number of fused-ring (bicyclic) bond motifs is 1. The molecule has 0 aromatic carbocycles. The van der Waals surface area contributed by atoms with Crippen LogP contribution < -0.4 is 5.32 Å². The molecule has 0 aliphatic carbocycles. The van der Waals surface area contributed by atoms with Gasteiger partial charge in [0.25, 0.3) is 0 Å². The Morgan fingerprint density at radius 3 is 3.12 bits per heavy atom. The largest absolute Gasteiger partial charge is 0.472 e. The van der Waals surface area contributed by atoms with Gasteiger partial charge in [-0.05, 0) is 24.6 Å². The predicted octanol–water partition coefficient (Wildman–Crippen LogP) is 2.24. The van der Waals surface area contributed by atoms with Gasteiger partial charge in [0, 0.05) is 18.3 Å². The van der Waals surface area contributed by atoms with Crippen LogP contribution in [0.15, 0.2) is 41.3 Å². The first kappa shape index (κ1) is 9.89. The van der Waals surface area contributed by atoms with Gasteiger partial charge in [-0.15, -0.1) is 5.10 Å². The monoisotopic (exact) mass is 228 g/mol. The molecule has 0 saturated heterocycles. The quantitative estimate of drug-likeness (QED) is 0.747. The highest BCUT2D eigenvalue weighted by atomic mass is 16.3. The van der Waals surface area contributed by atoms with Crippen LogP contribution in [-0.2, 0) is 6.54 Å². The molecule has 0 atom stereocenters. The van der Waals surface area contributed by atoms with E-state index in [0.29, 0.717) is 12.5 Å². The molecule has 0 radical (unpaired) electrons. The molecule has 3 heterocycles. The molecular formula is C12H12N4O. The summed E-state index contributed by atoms with van der Waals surface area (Å²) in [5, 5.41) is 7.50. The Hall–Kier alpha value is -2.30. The van der Waals surface area contributed by atoms with E-state index < -0.39 is 0 Å². The van der Waals surface area contributed by atoms with Crippen LogP contribution in [-0.4, -0.2) is 14.6 Å². The van der Waals surface area contributed by atoms with Crippen LogP contribution in [0.4, 0.5) is 5.95 Å². The summed E-state index contributed by atoms with van der Waals surface area (Å²) in [7, 11) is 0. The van der Waals surface area contributed by atoms with Crippen molar-refractivity contribution in [1.29, 1.82) is 0 Å². The van der Waals surface area contributed by atoms with Gasteiger partial charge in [-0.3, -0.25) is 0 Å². The van der Waals surface area contributed by atoms with E-state index in [1.54, 1.807) is 17.0 Å². The number of aromatic nitrogens is 3. The van der Waals surface area contributed by atoms with E-state index in [-0.39, 0.29) is 0 Å². The maximum Gasteiger partial charge on any atom is 0.243 e. The molecule has 3 rings (SSSR count). The Balaban J connectivity index is 1.84. The van der Waals surface area contributed by atoms with Crippen molar-refractivity contribution >= 4 is 11.6 Å². The number of nitrogens with one attached hydrogen (secondary N) is 1. The molecule has 0 unspecified atom stereocenters. The lowest BCUT2D eigenvalue weighted by Crippen LogP contribution is -1.99. The number of aryl methyl sites for hydroxylation is 1. The molecule has 1 N–H and O–H groups in total. The SMILES string of the molecule is Cc1cccn2nc(NCc3ccoc3)nc12. The van der Waals surface area contributed by atoms with E-state index >= 15 is 0 Å². The van der Waals surface area contributed by atoms with Gasteiger partial charge in [-0.1, -0.05) is 6.07 Å². The molecule has 86 valence electrons. The zero-order valence-corrected chi connectivity index (χ0v) is 9.42. The zero-order chi connectivity index (χ0) is 11.7. The standard InChI is InChI=1S/C12H12N4O/c1-9-3-2-5-16-11(9)14-12(15-16)13-7-10-4-6-17-8-10/h2-6,8H,7H2,1H3,(H,13,15). The summed E-state index contributed by atoms with van der Waals surface area (Å²) in [6.45, 7) is 2.68. The number of pyridine rings is 1.